The Balaban J connectivity index is 0.00000323. The molecule has 1 aliphatic heterocycles. The number of amides is 2. The second-order valence-corrected chi connectivity index (χ2v) is 11.9. The minimum Gasteiger partial charge on any atom is -0.447 e. The molecule has 1 aliphatic rings. The monoisotopic (exact) mass is 582 g/mol. The van der Waals surface area contributed by atoms with E-state index < -0.39 is 15.9 Å². The number of aromatic nitrogens is 2. The van der Waals surface area contributed by atoms with Gasteiger partial charge in [0.1, 0.15) is 11.3 Å². The van der Waals surface area contributed by atoms with Crippen LogP contribution in [0, 0.1) is 27.7 Å². The van der Waals surface area contributed by atoms with Crippen LogP contribution >= 0.6 is 0 Å². The van der Waals surface area contributed by atoms with Crippen molar-refractivity contribution in [3.05, 3.63) is 82.2 Å². The Morgan fingerprint density at radius 3 is 2.34 bits per heavy atom. The van der Waals surface area contributed by atoms with E-state index in [2.05, 4.69) is 14.7 Å². The largest absolute Gasteiger partial charge is 0.447 e. The Bertz CT molecular complexity index is 1620. The molecule has 0 saturated heterocycles. The normalized spacial score (nSPS) is 13.5. The van der Waals surface area contributed by atoms with E-state index in [4.69, 9.17) is 9.47 Å². The van der Waals surface area contributed by atoms with Crippen LogP contribution in [0.4, 0.5) is 4.79 Å². The standard InChI is InChI=1S/C30H34N4O6S.2H2/c1-18(2)39-30(36)34-14-12-23(13-15-34)25-11-10-24(28(35)33-41(37,38)26-9-7-8-22(6)31-26)29(32-25)40-27-20(4)16-19(3)17-21(27)5;;/h7-12,16-18H,13-15H2,1-6H3,(H,33,35);2*1H. The third-order valence-corrected chi connectivity index (χ3v) is 7.64. The molecule has 0 bridgehead atoms. The lowest BCUT2D eigenvalue weighted by molar-refractivity contribution is 0.0798. The molecule has 2 aromatic heterocycles. The number of aryl methyl sites for hydroxylation is 4. The fourth-order valence-corrected chi connectivity index (χ4v) is 5.52. The van der Waals surface area contributed by atoms with E-state index in [1.54, 1.807) is 43.9 Å². The highest BCUT2D eigenvalue weighted by Gasteiger charge is 2.26. The molecule has 0 spiro atoms. The highest BCUT2D eigenvalue weighted by molar-refractivity contribution is 7.90. The van der Waals surface area contributed by atoms with Gasteiger partial charge in [0, 0.05) is 21.6 Å². The van der Waals surface area contributed by atoms with Gasteiger partial charge in [-0.2, -0.15) is 8.42 Å². The van der Waals surface area contributed by atoms with Crippen LogP contribution in [0.2, 0.25) is 0 Å². The molecule has 0 radical (unpaired) electrons. The van der Waals surface area contributed by atoms with Crippen LogP contribution in [-0.2, 0) is 14.8 Å². The molecule has 0 atom stereocenters. The van der Waals surface area contributed by atoms with Crippen LogP contribution in [0.5, 0.6) is 11.6 Å². The molecule has 10 nitrogen and oxygen atoms in total. The number of nitrogens with zero attached hydrogens (tertiary/aromatic N) is 3. The van der Waals surface area contributed by atoms with Gasteiger partial charge in [0.2, 0.25) is 5.88 Å². The van der Waals surface area contributed by atoms with E-state index in [-0.39, 0.29) is 31.5 Å². The Labute approximate surface area is 243 Å². The summed E-state index contributed by atoms with van der Waals surface area (Å²) in [6.45, 7) is 11.8. The van der Waals surface area contributed by atoms with Crippen molar-refractivity contribution in [2.45, 2.75) is 59.1 Å². The number of rotatable bonds is 7. The molecule has 0 saturated carbocycles. The Hall–Kier alpha value is -4.25. The molecule has 11 heteroatoms. The summed E-state index contributed by atoms with van der Waals surface area (Å²) in [5.74, 6) is -0.409. The smallest absolute Gasteiger partial charge is 0.410 e. The minimum absolute atomic E-state index is 0. The van der Waals surface area contributed by atoms with E-state index >= 15 is 0 Å². The summed E-state index contributed by atoms with van der Waals surface area (Å²) < 4.78 is 39.5. The first-order valence-electron chi connectivity index (χ1n) is 13.3. The molecular formula is C30H38N4O6S. The zero-order chi connectivity index (χ0) is 29.9. The molecule has 0 unspecified atom stereocenters. The Morgan fingerprint density at radius 2 is 1.73 bits per heavy atom. The van der Waals surface area contributed by atoms with Crippen LogP contribution in [-0.4, -0.2) is 54.5 Å². The maximum absolute atomic E-state index is 13.3. The summed E-state index contributed by atoms with van der Waals surface area (Å²) in [7, 11) is -4.25. The number of hydrogen-bond acceptors (Lipinski definition) is 8. The maximum Gasteiger partial charge on any atom is 0.410 e. The number of carbonyl (C=O) groups is 2. The fraction of sp³-hybridized carbons (Fsp3) is 0.333. The van der Waals surface area contributed by atoms with Gasteiger partial charge in [-0.15, -0.1) is 0 Å². The average Bonchev–Trinajstić information content (AvgIpc) is 2.90. The van der Waals surface area contributed by atoms with Crippen molar-refractivity contribution < 1.29 is 30.3 Å². The lowest BCUT2D eigenvalue weighted by atomic mass is 10.0. The predicted molar refractivity (Wildman–Crippen MR) is 159 cm³/mol. The molecule has 220 valence electrons. The molecule has 4 rings (SSSR count). The summed E-state index contributed by atoms with van der Waals surface area (Å²) in [6.07, 6.45) is 1.80. The Morgan fingerprint density at radius 1 is 1.02 bits per heavy atom. The SMILES string of the molecule is Cc1cc(C)c(Oc2nc(C3=CCN(C(=O)OC(C)C)CC3)ccc2C(=O)NS(=O)(=O)c2cccc(C)n2)c(C)c1.[HH].[HH]. The topological polar surface area (TPSA) is 128 Å². The van der Waals surface area contributed by atoms with E-state index in [0.29, 0.717) is 36.6 Å². The summed E-state index contributed by atoms with van der Waals surface area (Å²) in [5, 5.41) is -0.268. The summed E-state index contributed by atoms with van der Waals surface area (Å²) in [5.41, 5.74) is 4.60. The van der Waals surface area contributed by atoms with Crippen LogP contribution < -0.4 is 9.46 Å². The van der Waals surface area contributed by atoms with Gasteiger partial charge < -0.3 is 14.4 Å². The van der Waals surface area contributed by atoms with Crippen molar-refractivity contribution in [1.82, 2.24) is 19.6 Å². The number of ether oxygens (including phenoxy) is 2. The third-order valence-electron chi connectivity index (χ3n) is 6.41. The average molecular weight is 583 g/mol. The molecular weight excluding hydrogens is 544 g/mol. The van der Waals surface area contributed by atoms with Crippen molar-refractivity contribution >= 4 is 27.6 Å². The summed E-state index contributed by atoms with van der Waals surface area (Å²) in [6, 6.07) is 11.6. The second kappa shape index (κ2) is 12.1. The highest BCUT2D eigenvalue weighted by atomic mass is 32.2. The summed E-state index contributed by atoms with van der Waals surface area (Å²) >= 11 is 0. The van der Waals surface area contributed by atoms with Crippen molar-refractivity contribution in [3.63, 3.8) is 0 Å². The zero-order valence-electron chi connectivity index (χ0n) is 24.0. The van der Waals surface area contributed by atoms with Crippen LogP contribution in [0.1, 0.15) is 61.6 Å². The van der Waals surface area contributed by atoms with E-state index in [9.17, 15) is 18.0 Å². The Kier molecular flexibility index (Phi) is 8.77. The first-order chi connectivity index (χ1) is 19.3. The highest BCUT2D eigenvalue weighted by Crippen LogP contribution is 2.33. The number of carbonyl (C=O) groups excluding carboxylic acids is 2. The molecule has 1 N–H and O–H groups in total. The van der Waals surface area contributed by atoms with Crippen molar-refractivity contribution in [3.8, 4) is 11.6 Å². The van der Waals surface area contributed by atoms with Crippen LogP contribution in [0.25, 0.3) is 5.57 Å². The number of nitrogens with one attached hydrogen (secondary N) is 1. The van der Waals surface area contributed by atoms with Gasteiger partial charge in [-0.3, -0.25) is 4.79 Å². The van der Waals surface area contributed by atoms with Gasteiger partial charge >= 0.3 is 6.09 Å². The van der Waals surface area contributed by atoms with Crippen molar-refractivity contribution in [1.29, 1.82) is 0 Å². The van der Waals surface area contributed by atoms with E-state index in [0.717, 1.165) is 22.3 Å². The number of hydrogen-bond donors (Lipinski definition) is 1. The third kappa shape index (κ3) is 7.10. The summed E-state index contributed by atoms with van der Waals surface area (Å²) in [4.78, 5) is 35.9. The quantitative estimate of drug-likeness (QED) is 0.373. The first kappa shape index (κ1) is 29.7. The van der Waals surface area contributed by atoms with Gasteiger partial charge in [-0.1, -0.05) is 29.8 Å². The van der Waals surface area contributed by atoms with Gasteiger partial charge in [0.05, 0.1) is 11.8 Å². The zero-order valence-corrected chi connectivity index (χ0v) is 24.8. The second-order valence-electron chi connectivity index (χ2n) is 10.3. The van der Waals surface area contributed by atoms with Gasteiger partial charge in [-0.25, -0.2) is 19.5 Å². The molecule has 3 heterocycles. The van der Waals surface area contributed by atoms with E-state index in [1.165, 1.54) is 12.1 Å². The van der Waals surface area contributed by atoms with Crippen molar-refractivity contribution in [2.24, 2.45) is 0 Å². The lowest BCUT2D eigenvalue weighted by Gasteiger charge is -2.26. The van der Waals surface area contributed by atoms with Crippen LogP contribution in [0.3, 0.4) is 0 Å². The lowest BCUT2D eigenvalue weighted by Crippen LogP contribution is -2.36. The molecule has 2 amide bonds. The maximum atomic E-state index is 13.3. The predicted octanol–water partition coefficient (Wildman–Crippen LogP) is 5.75. The first-order valence-corrected chi connectivity index (χ1v) is 14.7. The van der Waals surface area contributed by atoms with Gasteiger partial charge in [0.25, 0.3) is 15.9 Å². The van der Waals surface area contributed by atoms with Gasteiger partial charge in [-0.05, 0) is 88.9 Å². The van der Waals surface area contributed by atoms with E-state index in [1.807, 2.05) is 39.0 Å². The molecule has 41 heavy (non-hydrogen) atoms. The van der Waals surface area contributed by atoms with Gasteiger partial charge in [0.15, 0.2) is 5.03 Å². The molecule has 0 fully saturated rings. The molecule has 1 aromatic carbocycles. The number of pyridine rings is 2. The molecule has 3 aromatic rings. The molecule has 0 aliphatic carbocycles. The van der Waals surface area contributed by atoms with Crippen LogP contribution in [0.15, 0.2) is 53.6 Å². The van der Waals surface area contributed by atoms with Crippen molar-refractivity contribution in [2.75, 3.05) is 13.1 Å². The minimum atomic E-state index is -4.25. The number of sulfonamides is 1. The number of benzene rings is 1. The fourth-order valence-electron chi connectivity index (χ4n) is 4.54.